The van der Waals surface area contributed by atoms with Gasteiger partial charge in [0, 0.05) is 35.6 Å². The smallest absolute Gasteiger partial charge is 0.144 e. The summed E-state index contributed by atoms with van der Waals surface area (Å²) in [6.07, 6.45) is 0.973. The average Bonchev–Trinajstić information content (AvgIpc) is 2.40. The summed E-state index contributed by atoms with van der Waals surface area (Å²) in [6.45, 7) is 4.25. The topological polar surface area (TPSA) is 37.8 Å². The van der Waals surface area contributed by atoms with Crippen molar-refractivity contribution >= 4 is 29.3 Å². The van der Waals surface area contributed by atoms with Crippen molar-refractivity contribution in [3.63, 3.8) is 0 Å². The summed E-state index contributed by atoms with van der Waals surface area (Å²) in [6, 6.07) is 0. The Morgan fingerprint density at radius 1 is 1.35 bits per heavy atom. The van der Waals surface area contributed by atoms with Crippen LogP contribution >= 0.6 is 23.5 Å². The van der Waals surface area contributed by atoms with Crippen LogP contribution in [-0.2, 0) is 6.42 Å². The summed E-state index contributed by atoms with van der Waals surface area (Å²) in [5, 5.41) is 3.65. The summed E-state index contributed by atoms with van der Waals surface area (Å²) in [7, 11) is 1.93. The Kier molecular flexibility index (Phi) is 4.56. The van der Waals surface area contributed by atoms with Gasteiger partial charge in [-0.05, 0) is 13.3 Å². The van der Waals surface area contributed by atoms with Crippen LogP contribution in [0.2, 0.25) is 0 Å². The first-order valence-corrected chi connectivity index (χ1v) is 8.21. The summed E-state index contributed by atoms with van der Waals surface area (Å²) >= 11 is 3.99. The molecule has 0 aromatic carbocycles. The van der Waals surface area contributed by atoms with E-state index in [1.165, 1.54) is 22.8 Å². The van der Waals surface area contributed by atoms with Crippen molar-refractivity contribution in [2.45, 2.75) is 25.5 Å². The lowest BCUT2D eigenvalue weighted by molar-refractivity contribution is 0.866. The Morgan fingerprint density at radius 2 is 2.18 bits per heavy atom. The highest BCUT2D eigenvalue weighted by Gasteiger charge is 2.21. The van der Waals surface area contributed by atoms with Gasteiger partial charge in [0.25, 0.3) is 0 Å². The van der Waals surface area contributed by atoms with Crippen LogP contribution in [0.5, 0.6) is 0 Å². The van der Waals surface area contributed by atoms with Crippen molar-refractivity contribution in [3.8, 4) is 0 Å². The lowest BCUT2D eigenvalue weighted by Gasteiger charge is -2.21. The number of rotatable bonds is 3. The molecule has 0 saturated carbocycles. The largest absolute Gasteiger partial charge is 0.373 e. The van der Waals surface area contributed by atoms with Crippen molar-refractivity contribution in [3.05, 3.63) is 17.1 Å². The zero-order valence-corrected chi connectivity index (χ0v) is 12.2. The van der Waals surface area contributed by atoms with Crippen molar-refractivity contribution in [1.29, 1.82) is 0 Å². The highest BCUT2D eigenvalue weighted by molar-refractivity contribution is 8.06. The van der Waals surface area contributed by atoms with Gasteiger partial charge in [-0.1, -0.05) is 6.92 Å². The Balaban J connectivity index is 2.33. The number of hydrogen-bond donors (Lipinski definition) is 1. The highest BCUT2D eigenvalue weighted by Crippen LogP contribution is 2.35. The van der Waals surface area contributed by atoms with Gasteiger partial charge >= 0.3 is 0 Å². The third-order valence-electron chi connectivity index (χ3n) is 2.94. The highest BCUT2D eigenvalue weighted by atomic mass is 32.2. The molecule has 1 aliphatic heterocycles. The van der Waals surface area contributed by atoms with Crippen molar-refractivity contribution in [2.75, 3.05) is 29.6 Å². The third-order valence-corrected chi connectivity index (χ3v) is 5.69. The number of aryl methyl sites for hydroxylation is 1. The number of nitrogens with one attached hydrogen (secondary N) is 1. The Labute approximate surface area is 112 Å². The molecular formula is C12H19N3S2. The molecule has 1 saturated heterocycles. The van der Waals surface area contributed by atoms with Crippen LogP contribution < -0.4 is 5.32 Å². The molecule has 0 aliphatic carbocycles. The van der Waals surface area contributed by atoms with Crippen LogP contribution in [0.1, 0.15) is 29.3 Å². The second-order valence-corrected chi connectivity index (χ2v) is 6.50. The lowest BCUT2D eigenvalue weighted by atomic mass is 10.2. The summed E-state index contributed by atoms with van der Waals surface area (Å²) in [4.78, 5) is 9.40. The number of nitrogens with zero attached hydrogens (tertiary/aromatic N) is 2. The van der Waals surface area contributed by atoms with Crippen LogP contribution in [0, 0.1) is 6.92 Å². The van der Waals surface area contributed by atoms with E-state index in [4.69, 9.17) is 4.98 Å². The molecule has 0 amide bonds. The molecule has 1 aromatic heterocycles. The van der Waals surface area contributed by atoms with Crippen LogP contribution in [0.25, 0.3) is 0 Å². The molecule has 0 bridgehead atoms. The van der Waals surface area contributed by atoms with E-state index in [2.05, 4.69) is 24.1 Å². The van der Waals surface area contributed by atoms with E-state index in [-0.39, 0.29) is 0 Å². The Hall–Kier alpha value is -0.420. The molecule has 1 N–H and O–H groups in total. The van der Waals surface area contributed by atoms with E-state index in [1.54, 1.807) is 0 Å². The second kappa shape index (κ2) is 5.96. The van der Waals surface area contributed by atoms with Crippen LogP contribution in [0.3, 0.4) is 0 Å². The van der Waals surface area contributed by atoms with Gasteiger partial charge in [-0.2, -0.15) is 11.8 Å². The number of anilines is 1. The Bertz CT molecular complexity index is 364. The molecule has 2 rings (SSSR count). The van der Waals surface area contributed by atoms with Crippen LogP contribution in [0.4, 0.5) is 5.82 Å². The summed E-state index contributed by atoms with van der Waals surface area (Å²) in [5.74, 6) is 5.60. The predicted molar refractivity (Wildman–Crippen MR) is 78.2 cm³/mol. The quantitative estimate of drug-likeness (QED) is 0.913. The minimum Gasteiger partial charge on any atom is -0.373 e. The molecule has 1 unspecified atom stereocenters. The zero-order chi connectivity index (χ0) is 12.3. The van der Waals surface area contributed by atoms with E-state index in [0.29, 0.717) is 5.25 Å². The van der Waals surface area contributed by atoms with Gasteiger partial charge < -0.3 is 5.32 Å². The number of hydrogen-bond acceptors (Lipinski definition) is 5. The maximum absolute atomic E-state index is 4.74. The number of aromatic nitrogens is 2. The predicted octanol–water partition coefficient (Wildman–Crippen LogP) is 2.91. The molecule has 5 heteroatoms. The van der Waals surface area contributed by atoms with E-state index in [9.17, 15) is 0 Å². The molecule has 1 atom stereocenters. The monoisotopic (exact) mass is 269 g/mol. The zero-order valence-electron chi connectivity index (χ0n) is 10.6. The van der Waals surface area contributed by atoms with Gasteiger partial charge in [0.15, 0.2) is 0 Å². The van der Waals surface area contributed by atoms with Crippen LogP contribution in [0.15, 0.2) is 0 Å². The van der Waals surface area contributed by atoms with Gasteiger partial charge in [0.1, 0.15) is 11.6 Å². The molecule has 2 heterocycles. The van der Waals surface area contributed by atoms with Crippen molar-refractivity contribution in [2.24, 2.45) is 0 Å². The molecule has 0 radical (unpaired) electrons. The molecule has 1 aliphatic rings. The van der Waals surface area contributed by atoms with E-state index >= 15 is 0 Å². The van der Waals surface area contributed by atoms with Gasteiger partial charge in [0.05, 0.1) is 5.25 Å². The maximum Gasteiger partial charge on any atom is 0.144 e. The van der Waals surface area contributed by atoms with E-state index in [0.717, 1.165) is 23.8 Å². The minimum absolute atomic E-state index is 0.465. The Morgan fingerprint density at radius 3 is 2.76 bits per heavy atom. The number of thioether (sulfide) groups is 2. The van der Waals surface area contributed by atoms with Gasteiger partial charge in [-0.15, -0.1) is 11.8 Å². The molecule has 94 valence electrons. The normalized spacial score (nSPS) is 20.3. The lowest BCUT2D eigenvalue weighted by Crippen LogP contribution is -2.14. The fourth-order valence-corrected chi connectivity index (χ4v) is 4.55. The summed E-state index contributed by atoms with van der Waals surface area (Å²) in [5.41, 5.74) is 2.36. The fraction of sp³-hybridized carbons (Fsp3) is 0.667. The first-order chi connectivity index (χ1) is 8.26. The minimum atomic E-state index is 0.465. The van der Waals surface area contributed by atoms with E-state index < -0.39 is 0 Å². The third kappa shape index (κ3) is 2.88. The van der Waals surface area contributed by atoms with Gasteiger partial charge in [0.2, 0.25) is 0 Å². The van der Waals surface area contributed by atoms with Gasteiger partial charge in [-0.25, -0.2) is 9.97 Å². The van der Waals surface area contributed by atoms with Crippen molar-refractivity contribution in [1.82, 2.24) is 9.97 Å². The molecule has 1 aromatic rings. The molecule has 17 heavy (non-hydrogen) atoms. The second-order valence-electron chi connectivity index (χ2n) is 4.04. The summed E-state index contributed by atoms with van der Waals surface area (Å²) < 4.78 is 0. The van der Waals surface area contributed by atoms with Crippen LogP contribution in [-0.4, -0.2) is 34.3 Å². The first-order valence-electron chi connectivity index (χ1n) is 6.00. The van der Waals surface area contributed by atoms with Crippen molar-refractivity contribution < 1.29 is 0 Å². The molecule has 1 fully saturated rings. The molecule has 3 nitrogen and oxygen atoms in total. The molecular weight excluding hydrogens is 250 g/mol. The maximum atomic E-state index is 4.74. The fourth-order valence-electron chi connectivity index (χ4n) is 1.95. The standard InChI is InChI=1S/C12H19N3S2/c1-4-9-8(2)11(13-3)15-12(14-9)10-7-16-5-6-17-10/h10H,4-7H2,1-3H3,(H,13,14,15). The first kappa shape index (κ1) is 13.0. The molecule has 0 spiro atoms. The van der Waals surface area contributed by atoms with E-state index in [1.807, 2.05) is 30.6 Å². The average molecular weight is 269 g/mol. The SMILES string of the molecule is CCc1nc(C2CSCCS2)nc(NC)c1C. The van der Waals surface area contributed by atoms with Gasteiger partial charge in [-0.3, -0.25) is 0 Å².